The SMILES string of the molecule is N#Cc1ccc(NCc2cccc(-n3cncn3)c2)c(C(F)(F)F)c1. The van der Waals surface area contributed by atoms with Gasteiger partial charge in [-0.2, -0.15) is 23.5 Å². The first-order valence-corrected chi connectivity index (χ1v) is 7.26. The Bertz CT molecular complexity index is 911. The lowest BCUT2D eigenvalue weighted by Crippen LogP contribution is -2.11. The molecule has 126 valence electrons. The van der Waals surface area contributed by atoms with Crippen LogP contribution in [0.5, 0.6) is 0 Å². The van der Waals surface area contributed by atoms with Gasteiger partial charge in [0.1, 0.15) is 12.7 Å². The number of hydrogen-bond donors (Lipinski definition) is 1. The van der Waals surface area contributed by atoms with E-state index < -0.39 is 11.7 Å². The van der Waals surface area contributed by atoms with Crippen molar-refractivity contribution in [3.8, 4) is 11.8 Å². The van der Waals surface area contributed by atoms with Crippen LogP contribution in [0.3, 0.4) is 0 Å². The van der Waals surface area contributed by atoms with Crippen molar-refractivity contribution in [1.29, 1.82) is 5.26 Å². The molecule has 0 atom stereocenters. The van der Waals surface area contributed by atoms with E-state index in [1.54, 1.807) is 29.0 Å². The highest BCUT2D eigenvalue weighted by Gasteiger charge is 2.33. The molecule has 1 N–H and O–H groups in total. The molecule has 0 aliphatic carbocycles. The molecule has 0 saturated carbocycles. The number of nitrogens with zero attached hydrogens (tertiary/aromatic N) is 4. The molecular weight excluding hydrogens is 331 g/mol. The number of anilines is 1. The summed E-state index contributed by atoms with van der Waals surface area (Å²) in [4.78, 5) is 3.86. The fourth-order valence-corrected chi connectivity index (χ4v) is 2.35. The van der Waals surface area contributed by atoms with Crippen LogP contribution in [0.25, 0.3) is 5.69 Å². The molecule has 0 spiro atoms. The number of nitrogens with one attached hydrogen (secondary N) is 1. The number of benzene rings is 2. The van der Waals surface area contributed by atoms with Crippen LogP contribution in [0.15, 0.2) is 55.1 Å². The molecule has 8 heteroatoms. The fourth-order valence-electron chi connectivity index (χ4n) is 2.35. The molecule has 3 aromatic rings. The van der Waals surface area contributed by atoms with Gasteiger partial charge in [-0.15, -0.1) is 0 Å². The van der Waals surface area contributed by atoms with E-state index in [2.05, 4.69) is 15.4 Å². The zero-order chi connectivity index (χ0) is 17.9. The highest BCUT2D eigenvalue weighted by atomic mass is 19.4. The summed E-state index contributed by atoms with van der Waals surface area (Å²) < 4.78 is 41.1. The number of halogens is 3. The van der Waals surface area contributed by atoms with Crippen molar-refractivity contribution in [3.63, 3.8) is 0 Å². The van der Waals surface area contributed by atoms with Gasteiger partial charge in [0.15, 0.2) is 0 Å². The summed E-state index contributed by atoms with van der Waals surface area (Å²) in [5.74, 6) is 0. The normalized spacial score (nSPS) is 11.1. The second-order valence-electron chi connectivity index (χ2n) is 5.23. The van der Waals surface area contributed by atoms with Crippen LogP contribution in [0.4, 0.5) is 18.9 Å². The Hall–Kier alpha value is -3.34. The topological polar surface area (TPSA) is 66.5 Å². The Kier molecular flexibility index (Phi) is 4.39. The molecule has 3 rings (SSSR count). The molecule has 25 heavy (non-hydrogen) atoms. The van der Waals surface area contributed by atoms with Gasteiger partial charge in [0.25, 0.3) is 0 Å². The van der Waals surface area contributed by atoms with Gasteiger partial charge >= 0.3 is 6.18 Å². The lowest BCUT2D eigenvalue weighted by atomic mass is 10.1. The molecule has 0 bridgehead atoms. The first-order chi connectivity index (χ1) is 12.0. The van der Waals surface area contributed by atoms with Crippen molar-refractivity contribution in [2.75, 3.05) is 5.32 Å². The Morgan fingerprint density at radius 2 is 2.00 bits per heavy atom. The van der Waals surface area contributed by atoms with Crippen molar-refractivity contribution in [2.45, 2.75) is 12.7 Å². The molecule has 0 amide bonds. The maximum Gasteiger partial charge on any atom is 0.418 e. The first-order valence-electron chi connectivity index (χ1n) is 7.26. The molecule has 0 fully saturated rings. The standard InChI is InChI=1S/C17H12F3N5/c18-17(19,20)15-7-12(8-21)4-5-16(15)23-9-13-2-1-3-14(6-13)25-11-22-10-24-25/h1-7,10-11,23H,9H2. The van der Waals surface area contributed by atoms with Crippen molar-refractivity contribution in [3.05, 3.63) is 71.8 Å². The van der Waals surface area contributed by atoms with Gasteiger partial charge in [0.05, 0.1) is 22.9 Å². The van der Waals surface area contributed by atoms with E-state index in [9.17, 15) is 13.2 Å². The quantitative estimate of drug-likeness (QED) is 0.783. The van der Waals surface area contributed by atoms with Crippen LogP contribution >= 0.6 is 0 Å². The lowest BCUT2D eigenvalue weighted by Gasteiger charge is -2.15. The van der Waals surface area contributed by atoms with Crippen molar-refractivity contribution < 1.29 is 13.2 Å². The van der Waals surface area contributed by atoms with Gasteiger partial charge < -0.3 is 5.32 Å². The molecule has 1 aromatic heterocycles. The zero-order valence-corrected chi connectivity index (χ0v) is 12.8. The summed E-state index contributed by atoms with van der Waals surface area (Å²) in [5.41, 5.74) is 0.570. The summed E-state index contributed by atoms with van der Waals surface area (Å²) in [5, 5.41) is 15.6. The molecule has 0 radical (unpaired) electrons. The predicted octanol–water partition coefficient (Wildman–Crippen LogP) is 3.77. The summed E-state index contributed by atoms with van der Waals surface area (Å²) >= 11 is 0. The summed E-state index contributed by atoms with van der Waals surface area (Å²) in [6.45, 7) is 0.192. The predicted molar refractivity (Wildman–Crippen MR) is 84.8 cm³/mol. The van der Waals surface area contributed by atoms with Crippen LogP contribution < -0.4 is 5.32 Å². The maximum atomic E-state index is 13.2. The van der Waals surface area contributed by atoms with Crippen molar-refractivity contribution in [2.24, 2.45) is 0 Å². The second-order valence-corrected chi connectivity index (χ2v) is 5.23. The van der Waals surface area contributed by atoms with E-state index in [0.717, 1.165) is 17.3 Å². The lowest BCUT2D eigenvalue weighted by molar-refractivity contribution is -0.137. The van der Waals surface area contributed by atoms with E-state index in [1.165, 1.54) is 24.8 Å². The highest BCUT2D eigenvalue weighted by molar-refractivity contribution is 5.56. The van der Waals surface area contributed by atoms with Gasteiger partial charge in [-0.3, -0.25) is 0 Å². The molecular formula is C17H12F3N5. The van der Waals surface area contributed by atoms with Gasteiger partial charge in [0.2, 0.25) is 0 Å². The monoisotopic (exact) mass is 343 g/mol. The van der Waals surface area contributed by atoms with Crippen LogP contribution in [0.2, 0.25) is 0 Å². The third kappa shape index (κ3) is 3.77. The number of nitriles is 1. The van der Waals surface area contributed by atoms with E-state index >= 15 is 0 Å². The minimum Gasteiger partial charge on any atom is -0.380 e. The number of rotatable bonds is 4. The van der Waals surface area contributed by atoms with Crippen LogP contribution in [0, 0.1) is 11.3 Å². The van der Waals surface area contributed by atoms with Gasteiger partial charge in [-0.25, -0.2) is 9.67 Å². The molecule has 2 aromatic carbocycles. The van der Waals surface area contributed by atoms with E-state index in [-0.39, 0.29) is 17.8 Å². The minimum atomic E-state index is -4.54. The van der Waals surface area contributed by atoms with Crippen LogP contribution in [-0.4, -0.2) is 14.8 Å². The second kappa shape index (κ2) is 6.65. The molecule has 0 saturated heterocycles. The van der Waals surface area contributed by atoms with Crippen molar-refractivity contribution in [1.82, 2.24) is 14.8 Å². The van der Waals surface area contributed by atoms with E-state index in [1.807, 2.05) is 6.07 Å². The number of aromatic nitrogens is 3. The summed E-state index contributed by atoms with van der Waals surface area (Å²) in [6.07, 6.45) is -1.61. The zero-order valence-electron chi connectivity index (χ0n) is 12.8. The van der Waals surface area contributed by atoms with Crippen LogP contribution in [0.1, 0.15) is 16.7 Å². The molecule has 1 heterocycles. The summed E-state index contributed by atoms with van der Waals surface area (Å²) in [7, 11) is 0. The van der Waals surface area contributed by atoms with Gasteiger partial charge in [0, 0.05) is 12.2 Å². The maximum absolute atomic E-state index is 13.2. The third-order valence-electron chi connectivity index (χ3n) is 3.53. The highest BCUT2D eigenvalue weighted by Crippen LogP contribution is 2.35. The molecule has 0 aliphatic heterocycles. The Balaban J connectivity index is 1.83. The summed E-state index contributed by atoms with van der Waals surface area (Å²) in [6, 6.07) is 12.4. The smallest absolute Gasteiger partial charge is 0.380 e. The van der Waals surface area contributed by atoms with Crippen molar-refractivity contribution >= 4 is 5.69 Å². The third-order valence-corrected chi connectivity index (χ3v) is 3.53. The number of hydrogen-bond acceptors (Lipinski definition) is 4. The molecule has 0 unspecified atom stereocenters. The number of alkyl halides is 3. The molecule has 5 nitrogen and oxygen atoms in total. The first kappa shape index (κ1) is 16.5. The van der Waals surface area contributed by atoms with Crippen LogP contribution in [-0.2, 0) is 12.7 Å². The average molecular weight is 343 g/mol. The largest absolute Gasteiger partial charge is 0.418 e. The van der Waals surface area contributed by atoms with Gasteiger partial charge in [-0.1, -0.05) is 12.1 Å². The molecule has 0 aliphatic rings. The fraction of sp³-hybridized carbons (Fsp3) is 0.118. The van der Waals surface area contributed by atoms with Gasteiger partial charge in [-0.05, 0) is 35.9 Å². The van der Waals surface area contributed by atoms with E-state index in [4.69, 9.17) is 5.26 Å². The van der Waals surface area contributed by atoms with E-state index in [0.29, 0.717) is 0 Å². The Morgan fingerprint density at radius 1 is 1.16 bits per heavy atom. The average Bonchev–Trinajstić information content (AvgIpc) is 3.14. The minimum absolute atomic E-state index is 0.0361. The Labute approximate surface area is 141 Å². The Morgan fingerprint density at radius 3 is 2.68 bits per heavy atom.